The highest BCUT2D eigenvalue weighted by atomic mass is 16.5. The van der Waals surface area contributed by atoms with Gasteiger partial charge in [0.05, 0.1) is 13.2 Å². The van der Waals surface area contributed by atoms with Crippen molar-refractivity contribution in [1.82, 2.24) is 0 Å². The van der Waals surface area contributed by atoms with Crippen molar-refractivity contribution in [3.05, 3.63) is 0 Å². The van der Waals surface area contributed by atoms with Gasteiger partial charge in [-0.1, -0.05) is 91.9 Å². The Morgan fingerprint density at radius 3 is 1.26 bits per heavy atom. The van der Waals surface area contributed by atoms with E-state index in [4.69, 9.17) is 9.47 Å². The standard InChI is InChI=1S/C21H44O2/c1-5-7-9-11-13-15-17-22-19-21(3,4)20-23-18-16-14-12-10-8-6-2/h5-20H2,1-4H3. The van der Waals surface area contributed by atoms with Crippen molar-refractivity contribution < 1.29 is 9.47 Å². The number of rotatable bonds is 18. The lowest BCUT2D eigenvalue weighted by Gasteiger charge is -2.24. The maximum absolute atomic E-state index is 5.85. The van der Waals surface area contributed by atoms with Crippen molar-refractivity contribution in [3.63, 3.8) is 0 Å². The van der Waals surface area contributed by atoms with Gasteiger partial charge in [0, 0.05) is 18.6 Å². The molecule has 0 heterocycles. The SMILES string of the molecule is CCCCCCCCOCC(C)(C)COCCCCCCCC. The summed E-state index contributed by atoms with van der Waals surface area (Å²) in [6, 6.07) is 0. The van der Waals surface area contributed by atoms with Crippen LogP contribution in [-0.2, 0) is 9.47 Å². The first-order valence-corrected chi connectivity index (χ1v) is 10.3. The average Bonchev–Trinajstić information content (AvgIpc) is 2.52. The van der Waals surface area contributed by atoms with Gasteiger partial charge < -0.3 is 9.47 Å². The van der Waals surface area contributed by atoms with E-state index in [9.17, 15) is 0 Å². The number of ether oxygens (including phenoxy) is 2. The molecule has 0 bridgehead atoms. The molecule has 0 aromatic carbocycles. The molecule has 2 nitrogen and oxygen atoms in total. The Bertz CT molecular complexity index is 204. The van der Waals surface area contributed by atoms with E-state index in [2.05, 4.69) is 27.7 Å². The summed E-state index contributed by atoms with van der Waals surface area (Å²) >= 11 is 0. The molecular weight excluding hydrogens is 284 g/mol. The molecule has 0 amide bonds. The minimum absolute atomic E-state index is 0.143. The zero-order valence-electron chi connectivity index (χ0n) is 16.6. The van der Waals surface area contributed by atoms with Gasteiger partial charge >= 0.3 is 0 Å². The predicted molar refractivity (Wildman–Crippen MR) is 102 cm³/mol. The summed E-state index contributed by atoms with van der Waals surface area (Å²) < 4.78 is 11.7. The quantitative estimate of drug-likeness (QED) is 0.259. The second-order valence-electron chi connectivity index (χ2n) is 7.80. The number of unbranched alkanes of at least 4 members (excludes halogenated alkanes) is 10. The van der Waals surface area contributed by atoms with Gasteiger partial charge in [0.25, 0.3) is 0 Å². The zero-order valence-corrected chi connectivity index (χ0v) is 16.6. The molecule has 0 atom stereocenters. The van der Waals surface area contributed by atoms with E-state index >= 15 is 0 Å². The third kappa shape index (κ3) is 18.1. The third-order valence-corrected chi connectivity index (χ3v) is 4.27. The molecule has 140 valence electrons. The van der Waals surface area contributed by atoms with Crippen molar-refractivity contribution in [2.45, 2.75) is 105 Å². The van der Waals surface area contributed by atoms with E-state index in [1.54, 1.807) is 0 Å². The van der Waals surface area contributed by atoms with E-state index in [0.717, 1.165) is 26.4 Å². The van der Waals surface area contributed by atoms with Gasteiger partial charge in [-0.15, -0.1) is 0 Å². The fraction of sp³-hybridized carbons (Fsp3) is 1.00. The van der Waals surface area contributed by atoms with E-state index < -0.39 is 0 Å². The molecular formula is C21H44O2. The van der Waals surface area contributed by atoms with Crippen LogP contribution in [0.5, 0.6) is 0 Å². The molecule has 0 aliphatic rings. The molecule has 0 unspecified atom stereocenters. The van der Waals surface area contributed by atoms with E-state index in [1.165, 1.54) is 77.0 Å². The molecule has 0 rings (SSSR count). The lowest BCUT2D eigenvalue weighted by Crippen LogP contribution is -2.26. The Hall–Kier alpha value is -0.0800. The van der Waals surface area contributed by atoms with Gasteiger partial charge in [0.1, 0.15) is 0 Å². The third-order valence-electron chi connectivity index (χ3n) is 4.27. The van der Waals surface area contributed by atoms with E-state index in [1.807, 2.05) is 0 Å². The first-order chi connectivity index (χ1) is 11.1. The van der Waals surface area contributed by atoms with Crippen molar-refractivity contribution in [1.29, 1.82) is 0 Å². The second kappa shape index (κ2) is 16.8. The Morgan fingerprint density at radius 2 is 0.870 bits per heavy atom. The van der Waals surface area contributed by atoms with Crippen LogP contribution in [0.25, 0.3) is 0 Å². The van der Waals surface area contributed by atoms with Gasteiger partial charge in [-0.25, -0.2) is 0 Å². The maximum atomic E-state index is 5.85. The predicted octanol–water partition coefficient (Wildman–Crippen LogP) is 6.77. The largest absolute Gasteiger partial charge is 0.381 e. The summed E-state index contributed by atoms with van der Waals surface area (Å²) in [5.74, 6) is 0. The van der Waals surface area contributed by atoms with Crippen molar-refractivity contribution in [2.75, 3.05) is 26.4 Å². The Balaban J connectivity index is 3.33. The smallest absolute Gasteiger partial charge is 0.0539 e. The molecule has 0 aliphatic heterocycles. The molecule has 0 radical (unpaired) electrons. The van der Waals surface area contributed by atoms with E-state index in [-0.39, 0.29) is 5.41 Å². The molecule has 0 N–H and O–H groups in total. The van der Waals surface area contributed by atoms with Crippen LogP contribution in [0.1, 0.15) is 105 Å². The second-order valence-corrected chi connectivity index (χ2v) is 7.80. The lowest BCUT2D eigenvalue weighted by molar-refractivity contribution is -0.00512. The molecule has 23 heavy (non-hydrogen) atoms. The Morgan fingerprint density at radius 1 is 0.522 bits per heavy atom. The van der Waals surface area contributed by atoms with Crippen LogP contribution < -0.4 is 0 Å². The van der Waals surface area contributed by atoms with Gasteiger partial charge in [-0.2, -0.15) is 0 Å². The van der Waals surface area contributed by atoms with Crippen LogP contribution in [0.2, 0.25) is 0 Å². The summed E-state index contributed by atoms with van der Waals surface area (Å²) in [6.07, 6.45) is 15.9. The van der Waals surface area contributed by atoms with Crippen LogP contribution >= 0.6 is 0 Å². The summed E-state index contributed by atoms with van der Waals surface area (Å²) in [5.41, 5.74) is 0.143. The molecule has 0 fully saturated rings. The maximum Gasteiger partial charge on any atom is 0.0539 e. The monoisotopic (exact) mass is 328 g/mol. The topological polar surface area (TPSA) is 18.5 Å². The molecule has 0 aromatic heterocycles. The summed E-state index contributed by atoms with van der Waals surface area (Å²) in [5, 5.41) is 0. The minimum atomic E-state index is 0.143. The number of hydrogen-bond acceptors (Lipinski definition) is 2. The van der Waals surface area contributed by atoms with Crippen LogP contribution in [-0.4, -0.2) is 26.4 Å². The van der Waals surface area contributed by atoms with Gasteiger partial charge in [0.2, 0.25) is 0 Å². The van der Waals surface area contributed by atoms with Crippen molar-refractivity contribution in [2.24, 2.45) is 5.41 Å². The molecule has 0 aromatic rings. The lowest BCUT2D eigenvalue weighted by atomic mass is 9.96. The molecule has 0 spiro atoms. The summed E-state index contributed by atoms with van der Waals surface area (Å²) in [6.45, 7) is 12.5. The van der Waals surface area contributed by atoms with E-state index in [0.29, 0.717) is 0 Å². The highest BCUT2D eigenvalue weighted by Gasteiger charge is 2.18. The minimum Gasteiger partial charge on any atom is -0.381 e. The normalized spacial score (nSPS) is 12.0. The fourth-order valence-electron chi connectivity index (χ4n) is 2.71. The summed E-state index contributed by atoms with van der Waals surface area (Å²) in [7, 11) is 0. The van der Waals surface area contributed by atoms with Gasteiger partial charge in [-0.3, -0.25) is 0 Å². The highest BCUT2D eigenvalue weighted by molar-refractivity contribution is 4.66. The molecule has 0 saturated carbocycles. The molecule has 0 saturated heterocycles. The fourth-order valence-corrected chi connectivity index (χ4v) is 2.71. The number of hydrogen-bond donors (Lipinski definition) is 0. The zero-order chi connectivity index (χ0) is 17.2. The van der Waals surface area contributed by atoms with Crippen LogP contribution in [0.15, 0.2) is 0 Å². The van der Waals surface area contributed by atoms with Crippen LogP contribution in [0.4, 0.5) is 0 Å². The Labute approximate surface area is 146 Å². The van der Waals surface area contributed by atoms with Gasteiger partial charge in [0.15, 0.2) is 0 Å². The van der Waals surface area contributed by atoms with Crippen molar-refractivity contribution >= 4 is 0 Å². The van der Waals surface area contributed by atoms with Crippen LogP contribution in [0.3, 0.4) is 0 Å². The van der Waals surface area contributed by atoms with Crippen LogP contribution in [0, 0.1) is 5.41 Å². The Kier molecular flexibility index (Phi) is 16.7. The molecule has 2 heteroatoms. The highest BCUT2D eigenvalue weighted by Crippen LogP contribution is 2.17. The van der Waals surface area contributed by atoms with Crippen molar-refractivity contribution in [3.8, 4) is 0 Å². The summed E-state index contributed by atoms with van der Waals surface area (Å²) in [4.78, 5) is 0. The first kappa shape index (κ1) is 22.9. The van der Waals surface area contributed by atoms with Gasteiger partial charge in [-0.05, 0) is 12.8 Å². The first-order valence-electron chi connectivity index (χ1n) is 10.3. The molecule has 0 aliphatic carbocycles. The average molecular weight is 329 g/mol.